The minimum Gasteiger partial charge on any atom is -0.541 e. The van der Waals surface area contributed by atoms with Gasteiger partial charge in [0.2, 0.25) is 5.91 Å². The molecule has 2 aromatic rings. The van der Waals surface area contributed by atoms with Crippen LogP contribution in [-0.4, -0.2) is 94.2 Å². The lowest BCUT2D eigenvalue weighted by atomic mass is 9.91. The second-order valence-corrected chi connectivity index (χ2v) is 10.1. The number of ketones is 1. The van der Waals surface area contributed by atoms with Crippen molar-refractivity contribution in [2.75, 3.05) is 19.8 Å². The van der Waals surface area contributed by atoms with Crippen molar-refractivity contribution in [3.05, 3.63) is 71.8 Å². The van der Waals surface area contributed by atoms with Crippen LogP contribution in [0.5, 0.6) is 0 Å². The van der Waals surface area contributed by atoms with E-state index in [1.165, 1.54) is 6.21 Å². The molecule has 200 valence electrons. The summed E-state index contributed by atoms with van der Waals surface area (Å²) >= 11 is 0.815. The molecular formula is C26H25BN4O7S. The van der Waals surface area contributed by atoms with Gasteiger partial charge in [-0.25, -0.2) is 5.01 Å². The Morgan fingerprint density at radius 2 is 1.72 bits per heavy atom. The topological polar surface area (TPSA) is 137 Å². The minimum atomic E-state index is -1.40. The van der Waals surface area contributed by atoms with Crippen LogP contribution in [0.15, 0.2) is 65.8 Å². The Kier molecular flexibility index (Phi) is 9.15. The van der Waals surface area contributed by atoms with Crippen molar-refractivity contribution in [2.24, 2.45) is 11.0 Å². The van der Waals surface area contributed by atoms with Gasteiger partial charge in [0.25, 0.3) is 0 Å². The Bertz CT molecular complexity index is 1260. The number of hydrogen-bond donors (Lipinski definition) is 1. The van der Waals surface area contributed by atoms with Gasteiger partial charge in [-0.2, -0.15) is 5.10 Å². The first-order chi connectivity index (χ1) is 18.8. The number of Topliss-reactive ketones (excluding diaryl/α,β-unsaturated/α-hetero) is 1. The number of β-lactam (4-membered cyclic amide) rings is 1. The number of piperazine rings is 1. The molecule has 13 heteroatoms. The summed E-state index contributed by atoms with van der Waals surface area (Å²) in [6.07, 6.45) is 1.44. The predicted molar refractivity (Wildman–Crippen MR) is 142 cm³/mol. The van der Waals surface area contributed by atoms with E-state index in [0.29, 0.717) is 0 Å². The van der Waals surface area contributed by atoms with Crippen molar-refractivity contribution in [3.8, 4) is 0 Å². The maximum Gasteiger partial charge on any atom is 0.378 e. The molecule has 2 aliphatic heterocycles. The molecule has 2 heterocycles. The Labute approximate surface area is 230 Å². The summed E-state index contributed by atoms with van der Waals surface area (Å²) in [6, 6.07) is 18.0. The first-order valence-electron chi connectivity index (χ1n) is 12.1. The van der Waals surface area contributed by atoms with Crippen molar-refractivity contribution in [1.29, 1.82) is 0 Å². The lowest BCUT2D eigenvalue weighted by Gasteiger charge is -2.47. The monoisotopic (exact) mass is 548 g/mol. The summed E-state index contributed by atoms with van der Waals surface area (Å²) in [4.78, 5) is 65.8. The van der Waals surface area contributed by atoms with E-state index in [0.717, 1.165) is 37.7 Å². The van der Waals surface area contributed by atoms with Crippen molar-refractivity contribution in [3.63, 3.8) is 0 Å². The third kappa shape index (κ3) is 6.37. The summed E-state index contributed by atoms with van der Waals surface area (Å²) in [7, 11) is 5.13. The Morgan fingerprint density at radius 1 is 1.05 bits per heavy atom. The second-order valence-electron chi connectivity index (χ2n) is 8.86. The van der Waals surface area contributed by atoms with E-state index in [9.17, 15) is 29.1 Å². The number of aliphatic hydroxyl groups is 1. The van der Waals surface area contributed by atoms with Crippen LogP contribution in [0.4, 0.5) is 0 Å². The molecule has 0 saturated carbocycles. The van der Waals surface area contributed by atoms with Crippen LogP contribution in [0.25, 0.3) is 0 Å². The fourth-order valence-electron chi connectivity index (χ4n) is 4.34. The third-order valence-electron chi connectivity index (χ3n) is 6.34. The molecule has 3 amide bonds. The third-order valence-corrected chi connectivity index (χ3v) is 7.91. The fourth-order valence-corrected chi connectivity index (χ4v) is 5.84. The number of benzene rings is 2. The Morgan fingerprint density at radius 3 is 2.36 bits per heavy atom. The molecule has 2 aliphatic rings. The van der Waals surface area contributed by atoms with Gasteiger partial charge in [0.05, 0.1) is 24.1 Å². The zero-order chi connectivity index (χ0) is 27.9. The summed E-state index contributed by atoms with van der Waals surface area (Å²) in [5, 5.41) is 12.6. The molecule has 4 rings (SSSR count). The maximum atomic E-state index is 13.0. The van der Waals surface area contributed by atoms with Crippen LogP contribution in [0, 0.1) is 5.92 Å². The number of hydrazone groups is 1. The van der Waals surface area contributed by atoms with E-state index in [2.05, 4.69) is 9.76 Å². The highest BCUT2D eigenvalue weighted by Gasteiger charge is 2.51. The van der Waals surface area contributed by atoms with Gasteiger partial charge in [-0.3, -0.25) is 24.0 Å². The molecule has 0 aromatic heterocycles. The molecule has 0 spiro atoms. The molecule has 2 saturated heterocycles. The van der Waals surface area contributed by atoms with Gasteiger partial charge in [-0.1, -0.05) is 72.4 Å². The summed E-state index contributed by atoms with van der Waals surface area (Å²) in [5.74, 6) is -4.48. The lowest BCUT2D eigenvalue weighted by molar-refractivity contribution is -0.160. The van der Waals surface area contributed by atoms with Crippen LogP contribution < -0.4 is 0 Å². The van der Waals surface area contributed by atoms with Crippen LogP contribution in [0.3, 0.4) is 0 Å². The van der Waals surface area contributed by atoms with Crippen molar-refractivity contribution >= 4 is 55.5 Å². The average molecular weight is 548 g/mol. The number of amides is 3. The number of hydrogen-bond acceptors (Lipinski definition) is 9. The molecule has 0 aliphatic carbocycles. The number of likely N-dealkylation sites (tertiary alicyclic amines) is 1. The van der Waals surface area contributed by atoms with Crippen molar-refractivity contribution in [1.82, 2.24) is 14.8 Å². The first-order valence-corrected chi connectivity index (χ1v) is 13.0. The number of thioether (sulfide) groups is 1. The van der Waals surface area contributed by atoms with Gasteiger partial charge in [0, 0.05) is 19.4 Å². The smallest absolute Gasteiger partial charge is 0.378 e. The van der Waals surface area contributed by atoms with Gasteiger partial charge in [-0.05, 0) is 11.1 Å². The second kappa shape index (κ2) is 12.7. The molecule has 0 bridgehead atoms. The van der Waals surface area contributed by atoms with Gasteiger partial charge in [-0.15, -0.1) is 0 Å². The minimum absolute atomic E-state index is 0.00484. The van der Waals surface area contributed by atoms with Crippen molar-refractivity contribution < 1.29 is 33.7 Å². The molecule has 2 fully saturated rings. The van der Waals surface area contributed by atoms with Crippen molar-refractivity contribution in [2.45, 2.75) is 23.6 Å². The number of nitrogens with zero attached hydrogens (tertiary/aromatic N) is 4. The number of carbonyl (C=O) groups is 5. The summed E-state index contributed by atoms with van der Waals surface area (Å²) < 4.78 is 4.40. The largest absolute Gasteiger partial charge is 0.541 e. The standard InChI is InChI=1S/C26H25BN4O7S/c27-38-26(37)25(29-11-12-31(23(36)22(29)35)28-15-18-9-5-2-6-10-18)39-24-20(21(34)30(24)16-32)14-19(33)13-17-7-3-1-4-8-17/h1-10,15,20,24-25,32H,11-14,16H2/b28-15+/t20?,24-,25?/m1/s1. The van der Waals surface area contributed by atoms with E-state index >= 15 is 0 Å². The van der Waals surface area contributed by atoms with Crippen LogP contribution in [0.2, 0.25) is 0 Å². The number of rotatable bonds is 11. The molecule has 2 radical (unpaired) electrons. The normalized spacial score (nSPS) is 20.2. The zero-order valence-corrected chi connectivity index (χ0v) is 21.6. The van der Waals surface area contributed by atoms with E-state index in [-0.39, 0.29) is 31.7 Å². The molecule has 11 nitrogen and oxygen atoms in total. The van der Waals surface area contributed by atoms with Gasteiger partial charge in [0.15, 0.2) is 5.37 Å². The van der Waals surface area contributed by atoms with E-state index in [1.807, 2.05) is 12.1 Å². The quantitative estimate of drug-likeness (QED) is 0.184. The highest BCUT2D eigenvalue weighted by Crippen LogP contribution is 2.40. The van der Waals surface area contributed by atoms with Gasteiger partial charge >= 0.3 is 25.8 Å². The molecule has 1 N–H and O–H groups in total. The Balaban J connectivity index is 1.46. The van der Waals surface area contributed by atoms with Gasteiger partial charge < -0.3 is 19.6 Å². The molecule has 2 unspecified atom stereocenters. The molecule has 3 atom stereocenters. The van der Waals surface area contributed by atoms with Crippen LogP contribution >= 0.6 is 11.8 Å². The average Bonchev–Trinajstić information content (AvgIpc) is 2.95. The van der Waals surface area contributed by atoms with Crippen LogP contribution in [-0.2, 0) is 35.0 Å². The van der Waals surface area contributed by atoms with Gasteiger partial charge in [0.1, 0.15) is 12.5 Å². The highest BCUT2D eigenvalue weighted by atomic mass is 32.2. The summed E-state index contributed by atoms with van der Waals surface area (Å²) in [5.41, 5.74) is 1.52. The van der Waals surface area contributed by atoms with E-state index < -0.39 is 47.1 Å². The summed E-state index contributed by atoms with van der Waals surface area (Å²) in [6.45, 7) is -0.727. The molecule has 39 heavy (non-hydrogen) atoms. The molecular weight excluding hydrogens is 523 g/mol. The Hall–Kier alpha value is -3.97. The SMILES string of the molecule is [B]OC(=O)C(S[C@@H]1C(CC(=O)Cc2ccccc2)C(=O)N1CO)N1CCN(/N=C/c2ccccc2)C(=O)C1=O. The first kappa shape index (κ1) is 28.1. The number of aliphatic hydroxyl groups excluding tert-OH is 1. The maximum absolute atomic E-state index is 13.0. The lowest BCUT2D eigenvalue weighted by Crippen LogP contribution is -2.63. The predicted octanol–water partition coefficient (Wildman–Crippen LogP) is 0.314. The highest BCUT2D eigenvalue weighted by molar-refractivity contribution is 8.01. The fraction of sp³-hybridized carbons (Fsp3) is 0.308. The van der Waals surface area contributed by atoms with Crippen LogP contribution in [0.1, 0.15) is 17.5 Å². The number of carbonyl (C=O) groups excluding carboxylic acids is 5. The molecule has 2 aromatic carbocycles. The van der Waals surface area contributed by atoms with E-state index in [1.54, 1.807) is 48.5 Å². The van der Waals surface area contributed by atoms with E-state index in [4.69, 9.17) is 8.05 Å². The zero-order valence-electron chi connectivity index (χ0n) is 20.8.